The molecule has 0 heterocycles. The molecule has 2 atom stereocenters. The average Bonchev–Trinajstić information content (AvgIpc) is 2.69. The highest BCUT2D eigenvalue weighted by molar-refractivity contribution is 6.26. The minimum Gasteiger partial charge on any atom is -0.508 e. The molecule has 0 unspecified atom stereocenters. The minimum absolute atomic E-state index is 0.0121. The third-order valence-electron chi connectivity index (χ3n) is 4.42. The summed E-state index contributed by atoms with van der Waals surface area (Å²) in [5.74, 6) is -3.84. The largest absolute Gasteiger partial charge is 0.508 e. The number of hydrogen-bond donors (Lipinski definition) is 2. The Kier molecular flexibility index (Phi) is 7.27. The molecule has 0 aromatic carbocycles. The summed E-state index contributed by atoms with van der Waals surface area (Å²) >= 11 is 0. The summed E-state index contributed by atoms with van der Waals surface area (Å²) in [4.78, 5) is 38.0. The molecule has 144 valence electrons. The fraction of sp³-hybridized carbons (Fsp3) is 0.571. The van der Waals surface area contributed by atoms with Crippen LogP contribution in [-0.4, -0.2) is 33.2 Å². The Labute approximate surface area is 155 Å². The molecule has 5 nitrogen and oxygen atoms in total. The van der Waals surface area contributed by atoms with Crippen LogP contribution < -0.4 is 0 Å². The maximum Gasteiger partial charge on any atom is 0.191 e. The number of Topliss-reactive ketones (excluding diaryl/α,β-unsaturated/α-hetero) is 3. The normalized spacial score (nSPS) is 22.6. The second-order valence-corrected chi connectivity index (χ2v) is 7.85. The molecule has 2 N–H and O–H groups in total. The monoisotopic (exact) mass is 362 g/mol. The van der Waals surface area contributed by atoms with Crippen LogP contribution in [0.2, 0.25) is 0 Å². The van der Waals surface area contributed by atoms with Crippen LogP contribution in [0.4, 0.5) is 0 Å². The van der Waals surface area contributed by atoms with E-state index in [-0.39, 0.29) is 25.2 Å². The summed E-state index contributed by atoms with van der Waals surface area (Å²) in [6.45, 7) is 10.9. The molecule has 0 radical (unpaired) electrons. The molecule has 5 heteroatoms. The van der Waals surface area contributed by atoms with E-state index in [2.05, 4.69) is 0 Å². The Bertz CT molecular complexity index is 685. The van der Waals surface area contributed by atoms with Crippen LogP contribution in [0.25, 0.3) is 0 Å². The molecule has 0 amide bonds. The minimum atomic E-state index is -2.35. The Morgan fingerprint density at radius 3 is 2.12 bits per heavy atom. The van der Waals surface area contributed by atoms with Crippen molar-refractivity contribution in [3.05, 3.63) is 34.6 Å². The maximum atomic E-state index is 12.8. The van der Waals surface area contributed by atoms with Gasteiger partial charge in [-0.1, -0.05) is 37.1 Å². The van der Waals surface area contributed by atoms with Crippen LogP contribution in [0.1, 0.15) is 60.8 Å². The van der Waals surface area contributed by atoms with Crippen LogP contribution in [0.5, 0.6) is 0 Å². The standard InChI is InChI=1S/C21H30O5/c1-12(2)7-9-15-19(24)18(16(22)11-14(5)6)20(25)21(15,26)17(23)10-8-13(3)4/h7-8,14-15,25-26H,9-11H2,1-6H3/t15-,21-/m0/s1. The molecule has 0 bridgehead atoms. The molecule has 1 aliphatic carbocycles. The molecule has 0 aromatic heterocycles. The zero-order valence-electron chi connectivity index (χ0n) is 16.5. The van der Waals surface area contributed by atoms with Gasteiger partial charge in [-0.3, -0.25) is 14.4 Å². The lowest BCUT2D eigenvalue weighted by Crippen LogP contribution is -2.46. The van der Waals surface area contributed by atoms with Crippen molar-refractivity contribution >= 4 is 17.3 Å². The summed E-state index contributed by atoms with van der Waals surface area (Å²) in [5, 5.41) is 21.6. The summed E-state index contributed by atoms with van der Waals surface area (Å²) in [7, 11) is 0. The zero-order valence-corrected chi connectivity index (χ0v) is 16.5. The molecule has 0 saturated carbocycles. The maximum absolute atomic E-state index is 12.8. The summed E-state index contributed by atoms with van der Waals surface area (Å²) in [6.07, 6.45) is 3.39. The number of allylic oxidation sites excluding steroid dienone is 5. The summed E-state index contributed by atoms with van der Waals surface area (Å²) < 4.78 is 0. The highest BCUT2D eigenvalue weighted by Gasteiger charge is 2.58. The molecule has 0 aromatic rings. The van der Waals surface area contributed by atoms with Gasteiger partial charge in [-0.25, -0.2) is 0 Å². The van der Waals surface area contributed by atoms with Gasteiger partial charge in [0.1, 0.15) is 11.3 Å². The Hall–Kier alpha value is -2.01. The molecule has 0 fully saturated rings. The van der Waals surface area contributed by atoms with Crippen LogP contribution in [0.15, 0.2) is 34.6 Å². The van der Waals surface area contributed by atoms with Crippen LogP contribution in [0, 0.1) is 11.8 Å². The van der Waals surface area contributed by atoms with E-state index in [1.54, 1.807) is 12.2 Å². The molecule has 0 spiro atoms. The molecular formula is C21H30O5. The zero-order chi connectivity index (χ0) is 20.2. The fourth-order valence-electron chi connectivity index (χ4n) is 2.99. The van der Waals surface area contributed by atoms with Crippen molar-refractivity contribution in [3.8, 4) is 0 Å². The van der Waals surface area contributed by atoms with Gasteiger partial charge in [0.2, 0.25) is 0 Å². The van der Waals surface area contributed by atoms with E-state index in [0.29, 0.717) is 0 Å². The number of ketones is 3. The van der Waals surface area contributed by atoms with E-state index >= 15 is 0 Å². The number of aliphatic hydroxyl groups excluding tert-OH is 1. The Morgan fingerprint density at radius 1 is 1.12 bits per heavy atom. The third-order valence-corrected chi connectivity index (χ3v) is 4.42. The van der Waals surface area contributed by atoms with Crippen molar-refractivity contribution in [3.63, 3.8) is 0 Å². The topological polar surface area (TPSA) is 91.7 Å². The first-order valence-electron chi connectivity index (χ1n) is 8.96. The van der Waals surface area contributed by atoms with Crippen LogP contribution >= 0.6 is 0 Å². The van der Waals surface area contributed by atoms with Crippen molar-refractivity contribution in [2.24, 2.45) is 11.8 Å². The summed E-state index contributed by atoms with van der Waals surface area (Å²) in [6, 6.07) is 0. The van der Waals surface area contributed by atoms with Gasteiger partial charge in [-0.05, 0) is 40.0 Å². The molecule has 0 saturated heterocycles. The van der Waals surface area contributed by atoms with Crippen molar-refractivity contribution in [2.75, 3.05) is 0 Å². The lowest BCUT2D eigenvalue weighted by atomic mass is 9.81. The van der Waals surface area contributed by atoms with E-state index in [4.69, 9.17) is 0 Å². The Balaban J connectivity index is 3.41. The predicted molar refractivity (Wildman–Crippen MR) is 101 cm³/mol. The predicted octanol–water partition coefficient (Wildman–Crippen LogP) is 3.63. The molecule has 1 rings (SSSR count). The van der Waals surface area contributed by atoms with Gasteiger partial charge in [0.15, 0.2) is 23.0 Å². The van der Waals surface area contributed by atoms with Crippen molar-refractivity contribution < 1.29 is 24.6 Å². The molecular weight excluding hydrogens is 332 g/mol. The highest BCUT2D eigenvalue weighted by Crippen LogP contribution is 2.41. The van der Waals surface area contributed by atoms with Crippen LogP contribution in [-0.2, 0) is 14.4 Å². The molecule has 1 aliphatic rings. The summed E-state index contributed by atoms with van der Waals surface area (Å²) in [5.41, 5.74) is -0.972. The van der Waals surface area contributed by atoms with Gasteiger partial charge in [-0.15, -0.1) is 0 Å². The number of carbonyl (C=O) groups excluding carboxylic acids is 3. The number of carbonyl (C=O) groups is 3. The SMILES string of the molecule is CC(C)=CCC(=O)[C@]1(O)C(O)=C(C(=O)CC(C)C)C(=O)[C@@H]1CC=C(C)C. The van der Waals surface area contributed by atoms with Gasteiger partial charge in [-0.2, -0.15) is 0 Å². The van der Waals surface area contributed by atoms with Gasteiger partial charge in [0.25, 0.3) is 0 Å². The lowest BCUT2D eigenvalue weighted by Gasteiger charge is -2.27. The van der Waals surface area contributed by atoms with Gasteiger partial charge < -0.3 is 10.2 Å². The smallest absolute Gasteiger partial charge is 0.191 e. The van der Waals surface area contributed by atoms with Crippen LogP contribution in [0.3, 0.4) is 0 Å². The van der Waals surface area contributed by atoms with E-state index in [0.717, 1.165) is 11.1 Å². The van der Waals surface area contributed by atoms with Crippen molar-refractivity contribution in [1.29, 1.82) is 0 Å². The molecule has 26 heavy (non-hydrogen) atoms. The average molecular weight is 362 g/mol. The quantitative estimate of drug-likeness (QED) is 0.508. The first-order valence-corrected chi connectivity index (χ1v) is 8.96. The van der Waals surface area contributed by atoms with E-state index in [1.807, 2.05) is 41.5 Å². The second kappa shape index (κ2) is 8.58. The Morgan fingerprint density at radius 2 is 1.65 bits per heavy atom. The first kappa shape index (κ1) is 22.0. The fourth-order valence-corrected chi connectivity index (χ4v) is 2.99. The lowest BCUT2D eigenvalue weighted by molar-refractivity contribution is -0.144. The highest BCUT2D eigenvalue weighted by atomic mass is 16.3. The second-order valence-electron chi connectivity index (χ2n) is 7.85. The third kappa shape index (κ3) is 4.58. The van der Waals surface area contributed by atoms with E-state index in [9.17, 15) is 24.6 Å². The van der Waals surface area contributed by atoms with Gasteiger partial charge in [0.05, 0.1) is 5.92 Å². The van der Waals surface area contributed by atoms with Crippen molar-refractivity contribution in [2.45, 2.75) is 66.4 Å². The number of aliphatic hydroxyl groups is 2. The van der Waals surface area contributed by atoms with Crippen molar-refractivity contribution in [1.82, 2.24) is 0 Å². The van der Waals surface area contributed by atoms with Gasteiger partial charge >= 0.3 is 0 Å². The van der Waals surface area contributed by atoms with E-state index in [1.165, 1.54) is 0 Å². The first-order chi connectivity index (χ1) is 11.9. The number of rotatable bonds is 8. The number of hydrogen-bond acceptors (Lipinski definition) is 5. The van der Waals surface area contributed by atoms with E-state index < -0.39 is 40.2 Å². The molecule has 0 aliphatic heterocycles. The van der Waals surface area contributed by atoms with Gasteiger partial charge in [0, 0.05) is 12.8 Å².